The molecule has 3 aromatic carbocycles. The number of aromatic nitrogens is 1. The molecule has 1 spiro atoms. The van der Waals surface area contributed by atoms with E-state index in [0.29, 0.717) is 69.1 Å². The van der Waals surface area contributed by atoms with Gasteiger partial charge < -0.3 is 133 Å². The van der Waals surface area contributed by atoms with Gasteiger partial charge in [-0.05, 0) is 146 Å². The summed E-state index contributed by atoms with van der Waals surface area (Å²) in [6, 6.07) is 2.27. The molecule has 1 aromatic heterocycles. The summed E-state index contributed by atoms with van der Waals surface area (Å²) in [7, 11) is 8.59. The number of likely N-dealkylation sites (tertiary alicyclic amines) is 1. The summed E-state index contributed by atoms with van der Waals surface area (Å²) in [4.78, 5) is 97.4. The van der Waals surface area contributed by atoms with Gasteiger partial charge in [-0.2, -0.15) is 0 Å². The number of ether oxygens (including phenoxy) is 10. The number of esters is 2. The molecular formula is C101H152FN9O26. The zero-order chi connectivity index (χ0) is 101. The number of likely N-dealkylation sites (N-methyl/N-ethyl adjacent to an activating group) is 2. The number of amides is 1. The molecule has 764 valence electrons. The minimum atomic E-state index is -1.96. The van der Waals surface area contributed by atoms with Gasteiger partial charge >= 0.3 is 23.7 Å². The third kappa shape index (κ3) is 23.4. The third-order valence-electron chi connectivity index (χ3n) is 29.8. The minimum Gasteiger partial charge on any atom is -0.507 e. The lowest BCUT2D eigenvalue weighted by Gasteiger charge is -2.48. The number of phenols is 2. The zero-order valence-corrected chi connectivity index (χ0v) is 84.4. The summed E-state index contributed by atoms with van der Waals surface area (Å²) in [5, 5.41) is 121. The van der Waals surface area contributed by atoms with E-state index in [1.165, 1.54) is 53.5 Å². The van der Waals surface area contributed by atoms with Crippen molar-refractivity contribution >= 4 is 62.6 Å². The molecule has 4 aromatic rings. The number of hydrogen-bond acceptors (Lipinski definition) is 32. The number of carbonyl (C=O) groups excluding carboxylic acids is 4. The van der Waals surface area contributed by atoms with Crippen LogP contribution in [0.2, 0.25) is 0 Å². The largest absolute Gasteiger partial charge is 0.507 e. The number of aromatic carboxylic acids is 1. The third-order valence-corrected chi connectivity index (χ3v) is 29.8. The number of allylic oxidation sites excluding steroid dienone is 2. The quantitative estimate of drug-likeness (QED) is 0.0417. The number of halogens is 1. The molecule has 1 amide bonds. The van der Waals surface area contributed by atoms with Crippen LogP contribution in [0.15, 0.2) is 69.2 Å². The molecule has 0 radical (unpaired) electrons. The van der Waals surface area contributed by atoms with Crippen LogP contribution in [0.25, 0.3) is 21.7 Å². The van der Waals surface area contributed by atoms with Crippen molar-refractivity contribution in [2.24, 2.45) is 57.3 Å². The van der Waals surface area contributed by atoms with E-state index in [1.807, 2.05) is 61.2 Å². The summed E-state index contributed by atoms with van der Waals surface area (Å²) >= 11 is 0. The molecule has 12 N–H and O–H groups in total. The molecule has 1 aliphatic carbocycles. The van der Waals surface area contributed by atoms with Crippen LogP contribution in [0, 0.1) is 60.1 Å². The van der Waals surface area contributed by atoms with E-state index in [4.69, 9.17) is 57.4 Å². The summed E-state index contributed by atoms with van der Waals surface area (Å²) in [5.41, 5.74) is -4.79. The van der Waals surface area contributed by atoms with E-state index in [0.717, 1.165) is 32.5 Å². The summed E-state index contributed by atoms with van der Waals surface area (Å²) in [6.45, 7) is 40.5. The van der Waals surface area contributed by atoms with Crippen LogP contribution in [0.4, 0.5) is 15.8 Å². The lowest BCUT2D eigenvalue weighted by atomic mass is 9.77. The Morgan fingerprint density at radius 3 is 2.03 bits per heavy atom. The first kappa shape index (κ1) is 109. The van der Waals surface area contributed by atoms with E-state index >= 15 is 0 Å². The molecule has 1 saturated carbocycles. The SMILES string of the molecule is CC[C@H]1OC(=O)[C@H](C)[C@@H](O[C@H]2C[C@@](C)(OC)[C@@H](O)[C@H](C)O2)[C@H](C)[C@@H](O[C@@H]2O[C@H](C)C[C@H](N(C)C)[C@H]2O)[C@](C)(O)C[C@@H](C)CN(C)[C@H](C)[C@@H](O)[C@]1(C)O.CO[C@H]1/C=C/O[C@@]2(C)Oc3c(C)c(O)c4c(O)c(c5c(c4c3C2=O)=NC2(CCN(CC(C)C)CC2)N=5)NC(=O)/C(C)=C\C=C\[C@H](C)[C@H](O)[C@@H](C)[C@@H](O)[C@@H](C)[C@H](OC(C)=O)[C@@H]1C.O=C(O)c1cn(C2CC2)c2cc(N3CCNCC3)c(F)cc2c1=O. The van der Waals surface area contributed by atoms with Gasteiger partial charge in [0.2, 0.25) is 5.43 Å². The number of cyclic esters (lactones) is 1. The Kier molecular flexibility index (Phi) is 35.1. The van der Waals surface area contributed by atoms with Gasteiger partial charge in [-0.25, -0.2) is 9.18 Å². The van der Waals surface area contributed by atoms with E-state index in [9.17, 15) is 84.2 Å². The highest BCUT2D eigenvalue weighted by Gasteiger charge is 2.56. The van der Waals surface area contributed by atoms with Crippen molar-refractivity contribution in [3.05, 3.63) is 97.9 Å². The van der Waals surface area contributed by atoms with E-state index < -0.39 is 196 Å². The Hall–Kier alpha value is -8.25. The number of methoxy groups -OCH3 is 2. The van der Waals surface area contributed by atoms with Crippen molar-refractivity contribution in [1.29, 1.82) is 0 Å². The summed E-state index contributed by atoms with van der Waals surface area (Å²) in [6.07, 6.45) is 0.136. The van der Waals surface area contributed by atoms with Gasteiger partial charge in [-0.1, -0.05) is 80.5 Å². The number of Topliss-reactive ketones (excluding diaryl/α,β-unsaturated/α-hetero) is 1. The molecule has 36 heteroatoms. The van der Waals surface area contributed by atoms with Gasteiger partial charge in [-0.3, -0.25) is 34.0 Å². The van der Waals surface area contributed by atoms with Gasteiger partial charge in [0.05, 0.1) is 93.6 Å². The number of benzene rings is 3. The number of piperazine rings is 1. The number of pyridine rings is 1. The highest BCUT2D eigenvalue weighted by atomic mass is 19.1. The Morgan fingerprint density at radius 2 is 1.43 bits per heavy atom. The monoisotopic (exact) mass is 1930 g/mol. The number of carbonyl (C=O) groups is 5. The van der Waals surface area contributed by atoms with Crippen molar-refractivity contribution < 1.29 is 127 Å². The van der Waals surface area contributed by atoms with Crippen molar-refractivity contribution in [1.82, 2.24) is 24.6 Å². The predicted molar refractivity (Wildman–Crippen MR) is 510 cm³/mol. The summed E-state index contributed by atoms with van der Waals surface area (Å²) < 4.78 is 77.9. The van der Waals surface area contributed by atoms with E-state index in [-0.39, 0.29) is 110 Å². The number of ketones is 1. The number of nitrogens with one attached hydrogen (secondary N) is 2. The second kappa shape index (κ2) is 44.1. The number of carboxylic acid groups (broad SMARTS) is 1. The van der Waals surface area contributed by atoms with Crippen LogP contribution in [0.3, 0.4) is 0 Å². The lowest BCUT2D eigenvalue weighted by molar-refractivity contribution is -0.318. The number of anilines is 2. The first-order chi connectivity index (χ1) is 64.1. The maximum Gasteiger partial charge on any atom is 0.341 e. The Balaban J connectivity index is 0.000000213. The Bertz CT molecular complexity index is 5280. The number of nitrogens with zero attached hydrogens (tertiary/aromatic N) is 7. The average molecular weight is 1930 g/mol. The number of aliphatic hydroxyl groups is 7. The Morgan fingerprint density at radius 1 is 0.781 bits per heavy atom. The van der Waals surface area contributed by atoms with Crippen molar-refractivity contribution in [2.45, 2.75) is 322 Å². The van der Waals surface area contributed by atoms with E-state index in [2.05, 4.69) is 29.4 Å². The van der Waals surface area contributed by atoms with Crippen molar-refractivity contribution in [3.63, 3.8) is 0 Å². The number of piperidine rings is 1. The normalized spacial score (nSPS) is 36.5. The van der Waals surface area contributed by atoms with Crippen LogP contribution < -0.4 is 36.4 Å². The number of aromatic hydroxyl groups is 2. The second-order valence-corrected chi connectivity index (χ2v) is 41.5. The van der Waals surface area contributed by atoms with Crippen LogP contribution in [-0.2, 0) is 57.0 Å². The smallest absolute Gasteiger partial charge is 0.341 e. The predicted octanol–water partition coefficient (Wildman–Crippen LogP) is 8.23. The Labute approximate surface area is 802 Å². The summed E-state index contributed by atoms with van der Waals surface area (Å²) in [5.74, 6) is -10.8. The molecule has 5 saturated heterocycles. The molecule has 4 bridgehead atoms. The molecule has 9 heterocycles. The zero-order valence-electron chi connectivity index (χ0n) is 84.4. The number of carboxylic acids is 1. The van der Waals surface area contributed by atoms with Gasteiger partial charge in [-0.15, -0.1) is 0 Å². The maximum absolute atomic E-state index is 14.7. The topological polar surface area (TPSA) is 464 Å². The number of fused-ring (bicyclic) bond motifs is 2. The van der Waals surface area contributed by atoms with Gasteiger partial charge in [0.15, 0.2) is 24.0 Å². The van der Waals surface area contributed by atoms with Gasteiger partial charge in [0.1, 0.15) is 70.0 Å². The van der Waals surface area contributed by atoms with Crippen molar-refractivity contribution in [3.8, 4) is 17.2 Å². The molecular weight excluding hydrogens is 1770 g/mol. The molecule has 8 aliphatic heterocycles. The fourth-order valence-electron chi connectivity index (χ4n) is 21.3. The molecule has 0 unspecified atom stereocenters. The van der Waals surface area contributed by atoms with Gasteiger partial charge in [0, 0.05) is 176 Å². The number of rotatable bonds is 14. The van der Waals surface area contributed by atoms with Crippen LogP contribution in [0.5, 0.6) is 17.2 Å². The molecule has 9 aliphatic rings. The van der Waals surface area contributed by atoms with E-state index in [1.54, 1.807) is 113 Å². The van der Waals surface area contributed by atoms with Crippen molar-refractivity contribution in [2.75, 3.05) is 97.9 Å². The second-order valence-electron chi connectivity index (χ2n) is 41.5. The lowest BCUT2D eigenvalue weighted by Crippen LogP contribution is -2.60. The average Bonchev–Trinajstić information content (AvgIpc) is 1.54. The van der Waals surface area contributed by atoms with Gasteiger partial charge in [0.25, 0.3) is 11.7 Å². The minimum absolute atomic E-state index is 0.0364. The fraction of sp³-hybridized carbons (Fsp3) is 0.703. The highest BCUT2D eigenvalue weighted by Crippen LogP contribution is 2.51. The first-order valence-corrected chi connectivity index (χ1v) is 48.5. The molecule has 35 nitrogen and oxygen atoms in total. The van der Waals surface area contributed by atoms with Crippen LogP contribution in [0.1, 0.15) is 215 Å². The number of hydrogen-bond donors (Lipinski definition) is 12. The standard InChI is InChI=1S/C46H62N4O11.C38H72N2O12.C17H18FN3O3/c1-22(2)21-50-18-16-46(17-19-50)48-34-31-32-39(54)28(8)42-33(31)43(56)45(10,61-42)59-20-15-30(58-11)25(5)41(60-29(9)51)27(7)38(53)26(6)37(52)23(3)13-12-14-24(4)44(57)47-36(40(32)55)35(34)49-46;1-15-27-38(10,46)31(42)24(6)40(13)19-20(2)17-36(8,45)33(52-35-29(41)26(39(11)12)16-21(3)48-35)22(4)30(23(5)34(44)50-27)51-28-18-37(9,47-14)32(43)25(7)49-28;18-13-7-11-14(8-15(13)20-5-3-19-4-6-20)21(10-1-2-10)9-12(16(11)22)17(23)24/h12-15,20,22-23,25-27,30,37-38,41,52-55H,16-19,21H2,1-11H3,(H,47,57);20-33,35,41-43,45-46H,15-19H2,1-14H3;7-10,19H,1-6H2,(H,23,24)/b13-12+,20-15+,24-14-;;/t23-,25+,26+,27+,30-,37-,38+,41+,45-;20-,21-,22+,23-,24-,25+,26+,27-,28+,29-,30+,31-,32+,33-,35+,36-,37-,38-;/m01./s1. The molecule has 6 fully saturated rings. The highest BCUT2D eigenvalue weighted by molar-refractivity contribution is 6.19. The fourth-order valence-corrected chi connectivity index (χ4v) is 21.3. The molecule has 13 rings (SSSR count). The molecule has 27 atom stereocenters. The first-order valence-electron chi connectivity index (χ1n) is 48.5. The van der Waals surface area contributed by atoms with Crippen LogP contribution in [-0.4, -0.2) is 314 Å². The molecule has 137 heavy (non-hydrogen) atoms. The number of phenolic OH excluding ortho intramolecular Hbond substituents is 2. The maximum atomic E-state index is 14.7. The van der Waals surface area contributed by atoms with Crippen LogP contribution >= 0.6 is 0 Å². The number of aliphatic hydroxyl groups excluding tert-OH is 5.